The van der Waals surface area contributed by atoms with E-state index >= 15 is 0 Å². The molecule has 0 bridgehead atoms. The summed E-state index contributed by atoms with van der Waals surface area (Å²) in [7, 11) is 0. The van der Waals surface area contributed by atoms with Crippen LogP contribution in [0.25, 0.3) is 0 Å². The van der Waals surface area contributed by atoms with E-state index in [1.54, 1.807) is 0 Å². The predicted octanol–water partition coefficient (Wildman–Crippen LogP) is -2.47. The summed E-state index contributed by atoms with van der Waals surface area (Å²) in [4.78, 5) is 10.8. The molecular formula is C7H11NO6. The number of hydrogen-bond acceptors (Lipinski definition) is 6. The molecule has 0 spiro atoms. The first-order valence-corrected chi connectivity index (χ1v) is 4.23. The standard InChI is InChI=1S/C7H11NO6/c9-1-2-3(10)4(11)5-6(13-2)8-7(12)14-5/h2-6,9-11H,1H2,(H,8,12)/t2-,3+,4-,5-,6+/m0/s1. The van der Waals surface area contributed by atoms with Crippen LogP contribution in [-0.4, -0.2) is 58.7 Å². The maximum Gasteiger partial charge on any atom is 0.409 e. The van der Waals surface area contributed by atoms with Crippen LogP contribution >= 0.6 is 0 Å². The van der Waals surface area contributed by atoms with Crippen molar-refractivity contribution in [1.29, 1.82) is 0 Å². The quantitative estimate of drug-likeness (QED) is 0.378. The van der Waals surface area contributed by atoms with Crippen molar-refractivity contribution in [3.63, 3.8) is 0 Å². The first-order chi connectivity index (χ1) is 6.63. The molecule has 0 aromatic heterocycles. The molecule has 7 heteroatoms. The van der Waals surface area contributed by atoms with Gasteiger partial charge in [-0.1, -0.05) is 0 Å². The molecule has 5 atom stereocenters. The van der Waals surface area contributed by atoms with Crippen molar-refractivity contribution in [2.45, 2.75) is 30.6 Å². The summed E-state index contributed by atoms with van der Waals surface area (Å²) in [5.41, 5.74) is 0. The van der Waals surface area contributed by atoms with Gasteiger partial charge in [-0.15, -0.1) is 0 Å². The zero-order chi connectivity index (χ0) is 10.3. The molecule has 0 aromatic rings. The second-order valence-electron chi connectivity index (χ2n) is 3.27. The minimum atomic E-state index is -1.26. The molecule has 0 saturated carbocycles. The Balaban J connectivity index is 2.13. The number of fused-ring (bicyclic) bond motifs is 1. The Kier molecular flexibility index (Phi) is 2.31. The fraction of sp³-hybridized carbons (Fsp3) is 0.857. The van der Waals surface area contributed by atoms with Crippen LogP contribution in [0.1, 0.15) is 0 Å². The predicted molar refractivity (Wildman–Crippen MR) is 41.2 cm³/mol. The minimum Gasteiger partial charge on any atom is -0.438 e. The van der Waals surface area contributed by atoms with Crippen LogP contribution in [0.2, 0.25) is 0 Å². The zero-order valence-corrected chi connectivity index (χ0v) is 7.16. The van der Waals surface area contributed by atoms with Crippen LogP contribution in [0, 0.1) is 0 Å². The SMILES string of the molecule is O=C1N[C@@H]2O[C@@H](CO)[C@@H](O)[C@H](O)[C@@H]2O1. The van der Waals surface area contributed by atoms with Crippen LogP contribution in [-0.2, 0) is 9.47 Å². The van der Waals surface area contributed by atoms with Gasteiger partial charge in [-0.05, 0) is 0 Å². The third-order valence-electron chi connectivity index (χ3n) is 2.37. The van der Waals surface area contributed by atoms with Crippen molar-refractivity contribution < 1.29 is 29.6 Å². The van der Waals surface area contributed by atoms with Gasteiger partial charge in [0.2, 0.25) is 0 Å². The van der Waals surface area contributed by atoms with Gasteiger partial charge in [-0.3, -0.25) is 5.32 Å². The van der Waals surface area contributed by atoms with E-state index in [4.69, 9.17) is 9.84 Å². The van der Waals surface area contributed by atoms with Crippen molar-refractivity contribution in [2.24, 2.45) is 0 Å². The topological polar surface area (TPSA) is 108 Å². The average molecular weight is 205 g/mol. The summed E-state index contributed by atoms with van der Waals surface area (Å²) in [5, 5.41) is 30.0. The van der Waals surface area contributed by atoms with Gasteiger partial charge >= 0.3 is 6.09 Å². The van der Waals surface area contributed by atoms with Crippen LogP contribution in [0.15, 0.2) is 0 Å². The molecule has 4 N–H and O–H groups in total. The number of rotatable bonds is 1. The van der Waals surface area contributed by atoms with E-state index < -0.39 is 43.3 Å². The Morgan fingerprint density at radius 3 is 2.71 bits per heavy atom. The van der Waals surface area contributed by atoms with Gasteiger partial charge in [0.15, 0.2) is 12.3 Å². The van der Waals surface area contributed by atoms with Crippen molar-refractivity contribution in [2.75, 3.05) is 6.61 Å². The second kappa shape index (κ2) is 3.35. The summed E-state index contributed by atoms with van der Waals surface area (Å²) >= 11 is 0. The van der Waals surface area contributed by atoms with Crippen molar-refractivity contribution in [3.05, 3.63) is 0 Å². The van der Waals surface area contributed by atoms with E-state index in [0.717, 1.165) is 0 Å². The van der Waals surface area contributed by atoms with Gasteiger partial charge in [-0.25, -0.2) is 4.79 Å². The molecule has 2 aliphatic heterocycles. The summed E-state index contributed by atoms with van der Waals surface area (Å²) in [6, 6.07) is 0. The summed E-state index contributed by atoms with van der Waals surface area (Å²) in [6.45, 7) is -0.433. The highest BCUT2D eigenvalue weighted by molar-refractivity contribution is 5.70. The van der Waals surface area contributed by atoms with Gasteiger partial charge < -0.3 is 24.8 Å². The molecule has 2 aliphatic rings. The number of aliphatic hydroxyl groups excluding tert-OH is 3. The second-order valence-corrected chi connectivity index (χ2v) is 3.27. The number of alkyl carbamates (subject to hydrolysis) is 1. The van der Waals surface area contributed by atoms with Gasteiger partial charge in [0, 0.05) is 0 Å². The Morgan fingerprint density at radius 1 is 1.36 bits per heavy atom. The fourth-order valence-corrected chi connectivity index (χ4v) is 1.61. The third-order valence-corrected chi connectivity index (χ3v) is 2.37. The van der Waals surface area contributed by atoms with Crippen LogP contribution in [0.4, 0.5) is 4.79 Å². The first kappa shape index (κ1) is 9.66. The van der Waals surface area contributed by atoms with Crippen molar-refractivity contribution in [1.82, 2.24) is 5.32 Å². The molecule has 2 saturated heterocycles. The highest BCUT2D eigenvalue weighted by atomic mass is 16.6. The molecule has 80 valence electrons. The van der Waals surface area contributed by atoms with Crippen LogP contribution in [0.5, 0.6) is 0 Å². The summed E-state index contributed by atoms with van der Waals surface area (Å²) in [5.74, 6) is 0. The summed E-state index contributed by atoms with van der Waals surface area (Å²) in [6.07, 6.45) is -5.84. The lowest BCUT2D eigenvalue weighted by Gasteiger charge is -2.36. The Morgan fingerprint density at radius 2 is 2.07 bits per heavy atom. The van der Waals surface area contributed by atoms with E-state index in [-0.39, 0.29) is 0 Å². The molecule has 7 nitrogen and oxygen atoms in total. The van der Waals surface area contributed by atoms with E-state index in [2.05, 4.69) is 10.1 Å². The molecule has 2 heterocycles. The maximum absolute atomic E-state index is 10.8. The molecule has 2 fully saturated rings. The van der Waals surface area contributed by atoms with E-state index in [1.807, 2.05) is 0 Å². The smallest absolute Gasteiger partial charge is 0.409 e. The van der Waals surface area contributed by atoms with Gasteiger partial charge in [-0.2, -0.15) is 0 Å². The van der Waals surface area contributed by atoms with Crippen LogP contribution < -0.4 is 5.32 Å². The van der Waals surface area contributed by atoms with Gasteiger partial charge in [0.25, 0.3) is 0 Å². The summed E-state index contributed by atoms with van der Waals surface area (Å²) < 4.78 is 9.77. The molecule has 2 rings (SSSR count). The van der Waals surface area contributed by atoms with Crippen LogP contribution in [0.3, 0.4) is 0 Å². The number of nitrogens with one attached hydrogen (secondary N) is 1. The molecule has 0 unspecified atom stereocenters. The Bertz CT molecular complexity index is 246. The molecule has 0 aliphatic carbocycles. The molecule has 0 aromatic carbocycles. The maximum atomic E-state index is 10.8. The Hall–Kier alpha value is -0.890. The Labute approximate surface area is 79.2 Å². The van der Waals surface area contributed by atoms with Crippen molar-refractivity contribution in [3.8, 4) is 0 Å². The van der Waals surface area contributed by atoms with Gasteiger partial charge in [0.1, 0.15) is 18.3 Å². The van der Waals surface area contributed by atoms with E-state index in [9.17, 15) is 15.0 Å². The molecule has 14 heavy (non-hydrogen) atoms. The normalized spacial score (nSPS) is 46.8. The molecular weight excluding hydrogens is 194 g/mol. The average Bonchev–Trinajstić information content (AvgIpc) is 2.52. The number of amides is 1. The monoisotopic (exact) mass is 205 g/mol. The lowest BCUT2D eigenvalue weighted by molar-refractivity contribution is -0.215. The largest absolute Gasteiger partial charge is 0.438 e. The fourth-order valence-electron chi connectivity index (χ4n) is 1.61. The highest BCUT2D eigenvalue weighted by Gasteiger charge is 2.50. The first-order valence-electron chi connectivity index (χ1n) is 4.23. The van der Waals surface area contributed by atoms with Gasteiger partial charge in [0.05, 0.1) is 6.61 Å². The van der Waals surface area contributed by atoms with E-state index in [1.165, 1.54) is 0 Å². The number of carbonyl (C=O) groups is 1. The number of carbonyl (C=O) groups excluding carboxylic acids is 1. The lowest BCUT2D eigenvalue weighted by atomic mass is 9.99. The molecule has 1 amide bonds. The van der Waals surface area contributed by atoms with E-state index in [0.29, 0.717) is 0 Å². The number of ether oxygens (including phenoxy) is 2. The highest BCUT2D eigenvalue weighted by Crippen LogP contribution is 2.25. The zero-order valence-electron chi connectivity index (χ0n) is 7.16. The third kappa shape index (κ3) is 1.34. The minimum absolute atomic E-state index is 0.433. The van der Waals surface area contributed by atoms with Crippen molar-refractivity contribution >= 4 is 6.09 Å². The number of aliphatic hydroxyl groups is 3. The number of hydrogen-bond donors (Lipinski definition) is 4. The molecule has 0 radical (unpaired) electrons. The lowest BCUT2D eigenvalue weighted by Crippen LogP contribution is -2.59.